The Hall–Kier alpha value is -2.85. The van der Waals surface area contributed by atoms with E-state index < -0.39 is 17.8 Å². The van der Waals surface area contributed by atoms with E-state index in [1.807, 2.05) is 0 Å². The van der Waals surface area contributed by atoms with E-state index in [0.717, 1.165) is 44.8 Å². The fourth-order valence-corrected chi connectivity index (χ4v) is 5.58. The topological polar surface area (TPSA) is 69.0 Å². The van der Waals surface area contributed by atoms with Crippen LogP contribution in [0, 0.1) is 5.92 Å². The number of alkyl halides is 3. The number of benzene rings is 1. The zero-order chi connectivity index (χ0) is 25.4. The molecule has 2 fully saturated rings. The molecule has 2 aliphatic heterocycles. The minimum Gasteiger partial charge on any atom is -0.496 e. The van der Waals surface area contributed by atoms with Gasteiger partial charge in [0, 0.05) is 17.5 Å². The molecule has 2 aromatic heterocycles. The van der Waals surface area contributed by atoms with Gasteiger partial charge in [0.15, 0.2) is 17.0 Å². The van der Waals surface area contributed by atoms with Crippen molar-refractivity contribution < 1.29 is 27.4 Å². The van der Waals surface area contributed by atoms with Crippen LogP contribution in [0.25, 0.3) is 16.9 Å². The molecule has 0 aliphatic carbocycles. The number of carbonyl (C=O) groups is 1. The van der Waals surface area contributed by atoms with Crippen LogP contribution in [0.3, 0.4) is 0 Å². The van der Waals surface area contributed by atoms with Gasteiger partial charge in [0.05, 0.1) is 19.4 Å². The summed E-state index contributed by atoms with van der Waals surface area (Å²) in [6.07, 6.45) is 0.562. The molecule has 5 rings (SSSR count). The Balaban J connectivity index is 1.47. The molecule has 0 amide bonds. The molecule has 0 bridgehead atoms. The van der Waals surface area contributed by atoms with Crippen molar-refractivity contribution in [1.82, 2.24) is 19.5 Å². The Kier molecular flexibility index (Phi) is 6.82. The Labute approximate surface area is 211 Å². The van der Waals surface area contributed by atoms with Crippen molar-refractivity contribution in [1.29, 1.82) is 0 Å². The normalized spacial score (nSPS) is 20.8. The number of halogens is 4. The van der Waals surface area contributed by atoms with Crippen molar-refractivity contribution in [2.75, 3.05) is 26.8 Å². The van der Waals surface area contributed by atoms with Crippen LogP contribution in [-0.2, 0) is 10.9 Å². The molecular weight excluding hydrogens is 497 g/mol. The highest BCUT2D eigenvalue weighted by molar-refractivity contribution is 6.36. The number of rotatable bonds is 5. The molecule has 192 valence electrons. The zero-order valence-electron chi connectivity index (χ0n) is 19.7. The van der Waals surface area contributed by atoms with Crippen molar-refractivity contribution in [2.45, 2.75) is 44.3 Å². The molecule has 0 unspecified atom stereocenters. The van der Waals surface area contributed by atoms with Gasteiger partial charge in [-0.3, -0.25) is 4.90 Å². The average molecular weight is 523 g/mol. The predicted octanol–water partition coefficient (Wildman–Crippen LogP) is 5.50. The minimum atomic E-state index is -4.78. The third-order valence-electron chi connectivity index (χ3n) is 7.06. The van der Waals surface area contributed by atoms with Gasteiger partial charge in [-0.1, -0.05) is 30.2 Å². The molecule has 36 heavy (non-hydrogen) atoms. The monoisotopic (exact) mass is 522 g/mol. The summed E-state index contributed by atoms with van der Waals surface area (Å²) in [5.41, 5.74) is -1.43. The van der Waals surface area contributed by atoms with Gasteiger partial charge in [0.1, 0.15) is 10.8 Å². The van der Waals surface area contributed by atoms with Crippen molar-refractivity contribution in [3.63, 3.8) is 0 Å². The number of para-hydroxylation sites is 1. The number of hydrogen-bond acceptors (Lipinski definition) is 6. The highest BCUT2D eigenvalue weighted by atomic mass is 35.5. The van der Waals surface area contributed by atoms with Gasteiger partial charge in [-0.25, -0.2) is 14.3 Å². The summed E-state index contributed by atoms with van der Waals surface area (Å²) in [5.74, 6) is -0.327. The molecule has 7 nitrogen and oxygen atoms in total. The van der Waals surface area contributed by atoms with E-state index in [1.54, 1.807) is 24.3 Å². The maximum Gasteiger partial charge on any atom is 0.433 e. The molecule has 2 atom stereocenters. The standard InChI is InChI=1S/C25H26ClF3N4O3/c1-35-19-10-3-2-8-16(19)17-13-20(25(27,28)29)33-23(30-17)21(26)22(31-33)24(34)36-14-15-7-6-12-32-11-5-4-9-18(15)32/h2-3,8,10,13,15,18H,4-7,9,11-12,14H2,1H3/t15-,18-/m0/s1. The number of nitrogens with zero attached hydrogens (tertiary/aromatic N) is 4. The van der Waals surface area contributed by atoms with Gasteiger partial charge in [-0.05, 0) is 57.0 Å². The van der Waals surface area contributed by atoms with E-state index in [2.05, 4.69) is 15.0 Å². The molecular formula is C25H26ClF3N4O3. The van der Waals surface area contributed by atoms with Crippen molar-refractivity contribution >= 4 is 23.2 Å². The van der Waals surface area contributed by atoms with E-state index in [0.29, 0.717) is 21.9 Å². The summed E-state index contributed by atoms with van der Waals surface area (Å²) >= 11 is 6.39. The van der Waals surface area contributed by atoms with Gasteiger partial charge in [0.2, 0.25) is 0 Å². The number of carbonyl (C=O) groups excluding carboxylic acids is 1. The van der Waals surface area contributed by atoms with Crippen LogP contribution >= 0.6 is 11.6 Å². The molecule has 0 saturated carbocycles. The molecule has 0 N–H and O–H groups in total. The smallest absolute Gasteiger partial charge is 0.433 e. The maximum absolute atomic E-state index is 14.0. The molecule has 0 radical (unpaired) electrons. The third-order valence-corrected chi connectivity index (χ3v) is 7.40. The second-order valence-corrected chi connectivity index (χ2v) is 9.60. The van der Waals surface area contributed by atoms with Gasteiger partial charge in [0.25, 0.3) is 0 Å². The number of piperidine rings is 2. The molecule has 0 spiro atoms. The first-order valence-electron chi connectivity index (χ1n) is 12.0. The van der Waals surface area contributed by atoms with Crippen LogP contribution < -0.4 is 4.74 Å². The number of aromatic nitrogens is 3. The van der Waals surface area contributed by atoms with E-state index in [-0.39, 0.29) is 34.6 Å². The van der Waals surface area contributed by atoms with Crippen molar-refractivity contribution in [3.05, 3.63) is 46.7 Å². The zero-order valence-corrected chi connectivity index (χ0v) is 20.5. The van der Waals surface area contributed by atoms with E-state index >= 15 is 0 Å². The summed E-state index contributed by atoms with van der Waals surface area (Å²) in [6, 6.07) is 7.80. The molecule has 2 aliphatic rings. The molecule has 1 aromatic carbocycles. The van der Waals surface area contributed by atoms with Crippen LogP contribution in [0.1, 0.15) is 48.3 Å². The fraction of sp³-hybridized carbons (Fsp3) is 0.480. The Morgan fingerprint density at radius 3 is 2.72 bits per heavy atom. The largest absolute Gasteiger partial charge is 0.496 e. The summed E-state index contributed by atoms with van der Waals surface area (Å²) in [7, 11) is 1.42. The van der Waals surface area contributed by atoms with Crippen molar-refractivity contribution in [3.8, 4) is 17.0 Å². The minimum absolute atomic E-state index is 0.00594. The molecule has 2 saturated heterocycles. The summed E-state index contributed by atoms with van der Waals surface area (Å²) in [5, 5.41) is 3.60. The van der Waals surface area contributed by atoms with Crippen LogP contribution in [0.5, 0.6) is 5.75 Å². The molecule has 4 heterocycles. The highest BCUT2D eigenvalue weighted by Crippen LogP contribution is 2.37. The molecule has 11 heteroatoms. The lowest BCUT2D eigenvalue weighted by Gasteiger charge is -2.44. The van der Waals surface area contributed by atoms with Gasteiger partial charge in [-0.15, -0.1) is 0 Å². The lowest BCUT2D eigenvalue weighted by molar-refractivity contribution is -0.142. The van der Waals surface area contributed by atoms with E-state index in [1.165, 1.54) is 13.5 Å². The Morgan fingerprint density at radius 2 is 1.94 bits per heavy atom. The van der Waals surface area contributed by atoms with Gasteiger partial charge < -0.3 is 9.47 Å². The van der Waals surface area contributed by atoms with E-state index in [9.17, 15) is 18.0 Å². The Bertz CT molecular complexity index is 1280. The molecule has 3 aromatic rings. The van der Waals surface area contributed by atoms with Crippen LogP contribution in [0.15, 0.2) is 30.3 Å². The average Bonchev–Trinajstić information content (AvgIpc) is 3.22. The number of ether oxygens (including phenoxy) is 2. The van der Waals surface area contributed by atoms with Gasteiger partial charge >= 0.3 is 12.1 Å². The second-order valence-electron chi connectivity index (χ2n) is 9.22. The lowest BCUT2D eigenvalue weighted by Crippen LogP contribution is -2.49. The number of methoxy groups -OCH3 is 1. The van der Waals surface area contributed by atoms with Crippen LogP contribution in [0.2, 0.25) is 5.02 Å². The number of esters is 1. The first kappa shape index (κ1) is 24.8. The van der Waals surface area contributed by atoms with E-state index in [4.69, 9.17) is 21.1 Å². The highest BCUT2D eigenvalue weighted by Gasteiger charge is 2.38. The van der Waals surface area contributed by atoms with Gasteiger partial charge in [-0.2, -0.15) is 18.3 Å². The first-order chi connectivity index (χ1) is 17.3. The summed E-state index contributed by atoms with van der Waals surface area (Å²) in [4.78, 5) is 19.7. The van der Waals surface area contributed by atoms with Crippen LogP contribution in [0.4, 0.5) is 13.2 Å². The van der Waals surface area contributed by atoms with Crippen LogP contribution in [-0.4, -0.2) is 58.3 Å². The Morgan fingerprint density at radius 1 is 1.17 bits per heavy atom. The second kappa shape index (κ2) is 9.89. The fourth-order valence-electron chi connectivity index (χ4n) is 5.34. The number of hydrogen-bond donors (Lipinski definition) is 0. The first-order valence-corrected chi connectivity index (χ1v) is 12.4. The summed E-state index contributed by atoms with van der Waals surface area (Å²) in [6.45, 7) is 2.28. The summed E-state index contributed by atoms with van der Waals surface area (Å²) < 4.78 is 53.4. The lowest BCUT2D eigenvalue weighted by atomic mass is 9.84. The SMILES string of the molecule is COc1ccccc1-c1cc(C(F)(F)F)n2nc(C(=O)OC[C@@H]3CCCN4CCCC[C@@H]34)c(Cl)c2n1. The van der Waals surface area contributed by atoms with Crippen molar-refractivity contribution in [2.24, 2.45) is 5.92 Å². The number of fused-ring (bicyclic) bond motifs is 2. The quantitative estimate of drug-likeness (QED) is 0.412. The maximum atomic E-state index is 14.0. The predicted molar refractivity (Wildman–Crippen MR) is 127 cm³/mol. The third kappa shape index (κ3) is 4.64.